The minimum atomic E-state index is -0.124. The lowest BCUT2D eigenvalue weighted by Gasteiger charge is -2.38. The number of ether oxygens (including phenoxy) is 2. The molecule has 2 heterocycles. The topological polar surface area (TPSA) is 60.5 Å². The van der Waals surface area contributed by atoms with E-state index in [1.54, 1.807) is 24.5 Å². The number of benzene rings is 1. The number of amides is 1. The number of hydrogen-bond donors (Lipinski definition) is 1. The van der Waals surface area contributed by atoms with Crippen LogP contribution in [0.5, 0.6) is 5.75 Å². The van der Waals surface area contributed by atoms with Crippen molar-refractivity contribution >= 4 is 5.91 Å². The zero-order chi connectivity index (χ0) is 16.7. The van der Waals surface area contributed by atoms with Gasteiger partial charge in [0.25, 0.3) is 5.91 Å². The maximum Gasteiger partial charge on any atom is 0.257 e. The van der Waals surface area contributed by atoms with E-state index in [9.17, 15) is 4.79 Å². The molecule has 0 radical (unpaired) electrons. The van der Waals surface area contributed by atoms with Gasteiger partial charge in [-0.25, -0.2) is 0 Å². The van der Waals surface area contributed by atoms with E-state index in [0.717, 1.165) is 26.1 Å². The Balaban J connectivity index is 1.58. The van der Waals surface area contributed by atoms with Gasteiger partial charge in [0, 0.05) is 31.4 Å². The van der Waals surface area contributed by atoms with E-state index in [1.807, 2.05) is 18.2 Å². The van der Waals surface area contributed by atoms with Crippen LogP contribution in [0.25, 0.3) is 0 Å². The van der Waals surface area contributed by atoms with Gasteiger partial charge in [0.1, 0.15) is 5.75 Å². The molecule has 1 aliphatic heterocycles. The summed E-state index contributed by atoms with van der Waals surface area (Å²) in [7, 11) is 0. The number of nitrogens with one attached hydrogen (secondary N) is 1. The van der Waals surface area contributed by atoms with Crippen LogP contribution in [0, 0.1) is 0 Å². The number of carbonyl (C=O) groups is 1. The number of carbonyl (C=O) groups excluding carboxylic acids is 1. The molecule has 3 rings (SSSR count). The fraction of sp³-hybridized carbons (Fsp3) is 0.368. The molecule has 1 aliphatic rings. The average Bonchev–Trinajstić information content (AvgIpc) is 2.67. The van der Waals surface area contributed by atoms with Crippen LogP contribution in [0.1, 0.15) is 18.4 Å². The van der Waals surface area contributed by atoms with Crippen molar-refractivity contribution in [3.8, 4) is 5.75 Å². The van der Waals surface area contributed by atoms with Crippen LogP contribution in [0.4, 0.5) is 0 Å². The molecule has 0 spiro atoms. The molecule has 1 fully saturated rings. The van der Waals surface area contributed by atoms with Crippen LogP contribution in [0.2, 0.25) is 0 Å². The van der Waals surface area contributed by atoms with Crippen LogP contribution in [-0.2, 0) is 14.9 Å². The second-order valence-corrected chi connectivity index (χ2v) is 6.01. The van der Waals surface area contributed by atoms with Gasteiger partial charge in [0.2, 0.25) is 0 Å². The van der Waals surface area contributed by atoms with Gasteiger partial charge in [0.05, 0.1) is 6.20 Å². The summed E-state index contributed by atoms with van der Waals surface area (Å²) in [5.74, 6) is 0.470. The van der Waals surface area contributed by atoms with E-state index in [1.165, 1.54) is 5.56 Å². The highest BCUT2D eigenvalue weighted by atomic mass is 16.5. The molecule has 5 nitrogen and oxygen atoms in total. The quantitative estimate of drug-likeness (QED) is 0.885. The van der Waals surface area contributed by atoms with Gasteiger partial charge < -0.3 is 14.8 Å². The van der Waals surface area contributed by atoms with E-state index >= 15 is 0 Å². The summed E-state index contributed by atoms with van der Waals surface area (Å²) in [6.07, 6.45) is 5.07. The first-order chi connectivity index (χ1) is 11.8. The van der Waals surface area contributed by atoms with Gasteiger partial charge in [-0.15, -0.1) is 0 Å². The summed E-state index contributed by atoms with van der Waals surface area (Å²) < 4.78 is 11.0. The Kier molecular flexibility index (Phi) is 5.43. The van der Waals surface area contributed by atoms with E-state index < -0.39 is 0 Å². The minimum Gasteiger partial charge on any atom is -0.482 e. The fourth-order valence-corrected chi connectivity index (χ4v) is 3.02. The average molecular weight is 326 g/mol. The Hall–Kier alpha value is -2.40. The Bertz CT molecular complexity index is 640. The van der Waals surface area contributed by atoms with Crippen molar-refractivity contribution in [2.75, 3.05) is 26.4 Å². The summed E-state index contributed by atoms with van der Waals surface area (Å²) in [5.41, 5.74) is 1.19. The molecule has 5 heteroatoms. The minimum absolute atomic E-state index is 0.00688. The third-order valence-electron chi connectivity index (χ3n) is 4.46. The largest absolute Gasteiger partial charge is 0.482 e. The number of aromatic nitrogens is 1. The van der Waals surface area contributed by atoms with E-state index in [2.05, 4.69) is 22.4 Å². The number of rotatable bonds is 6. The molecule has 1 aromatic heterocycles. The molecule has 2 aromatic rings. The standard InChI is InChI=1S/C19H22N2O3/c22-18(14-24-17-7-4-10-20-13-17)21-15-19(8-11-23-12-9-19)16-5-2-1-3-6-16/h1-7,10,13H,8-9,11-12,14-15H2,(H,21,22). The Morgan fingerprint density at radius 2 is 1.96 bits per heavy atom. The summed E-state index contributed by atoms with van der Waals surface area (Å²) in [4.78, 5) is 16.1. The molecule has 0 bridgehead atoms. The van der Waals surface area contributed by atoms with Crippen molar-refractivity contribution in [2.45, 2.75) is 18.3 Å². The molecular weight excluding hydrogens is 304 g/mol. The van der Waals surface area contributed by atoms with Gasteiger partial charge in [-0.3, -0.25) is 9.78 Å². The summed E-state index contributed by atoms with van der Waals surface area (Å²) in [6.45, 7) is 2.02. The second-order valence-electron chi connectivity index (χ2n) is 6.01. The SMILES string of the molecule is O=C(COc1cccnc1)NCC1(c2ccccc2)CCOCC1. The molecule has 1 N–H and O–H groups in total. The van der Waals surface area contributed by atoms with Crippen LogP contribution in [-0.4, -0.2) is 37.3 Å². The van der Waals surface area contributed by atoms with Crippen molar-refractivity contribution in [1.82, 2.24) is 10.3 Å². The van der Waals surface area contributed by atoms with E-state index in [4.69, 9.17) is 9.47 Å². The van der Waals surface area contributed by atoms with E-state index in [0.29, 0.717) is 12.3 Å². The first-order valence-corrected chi connectivity index (χ1v) is 8.21. The Labute approximate surface area is 142 Å². The van der Waals surface area contributed by atoms with Crippen molar-refractivity contribution in [3.63, 3.8) is 0 Å². The molecule has 24 heavy (non-hydrogen) atoms. The predicted octanol–water partition coefficient (Wildman–Crippen LogP) is 2.33. The molecule has 1 amide bonds. The first-order valence-electron chi connectivity index (χ1n) is 8.21. The van der Waals surface area contributed by atoms with E-state index in [-0.39, 0.29) is 17.9 Å². The third kappa shape index (κ3) is 4.11. The van der Waals surface area contributed by atoms with Crippen molar-refractivity contribution in [1.29, 1.82) is 0 Å². The van der Waals surface area contributed by atoms with Gasteiger partial charge in [-0.05, 0) is 30.5 Å². The maximum absolute atomic E-state index is 12.1. The van der Waals surface area contributed by atoms with Crippen LogP contribution >= 0.6 is 0 Å². The van der Waals surface area contributed by atoms with Gasteiger partial charge in [0.15, 0.2) is 6.61 Å². The second kappa shape index (κ2) is 7.93. The van der Waals surface area contributed by atoms with Gasteiger partial charge >= 0.3 is 0 Å². The fourth-order valence-electron chi connectivity index (χ4n) is 3.02. The van der Waals surface area contributed by atoms with Crippen molar-refractivity contribution in [3.05, 3.63) is 60.4 Å². The Morgan fingerprint density at radius 1 is 1.17 bits per heavy atom. The predicted molar refractivity (Wildman–Crippen MR) is 90.9 cm³/mol. The molecule has 0 atom stereocenters. The molecule has 0 saturated carbocycles. The van der Waals surface area contributed by atoms with Gasteiger partial charge in [-0.2, -0.15) is 0 Å². The molecule has 0 aliphatic carbocycles. The first kappa shape index (κ1) is 16.5. The molecule has 1 saturated heterocycles. The summed E-state index contributed by atoms with van der Waals surface area (Å²) >= 11 is 0. The maximum atomic E-state index is 12.1. The monoisotopic (exact) mass is 326 g/mol. The molecular formula is C19H22N2O3. The summed E-state index contributed by atoms with van der Waals surface area (Å²) in [5, 5.41) is 3.02. The van der Waals surface area contributed by atoms with Crippen LogP contribution in [0.15, 0.2) is 54.9 Å². The smallest absolute Gasteiger partial charge is 0.257 e. The molecule has 0 unspecified atom stereocenters. The summed E-state index contributed by atoms with van der Waals surface area (Å²) in [6, 6.07) is 13.9. The number of hydrogen-bond acceptors (Lipinski definition) is 4. The zero-order valence-electron chi connectivity index (χ0n) is 13.6. The van der Waals surface area contributed by atoms with Crippen LogP contribution < -0.4 is 10.1 Å². The highest BCUT2D eigenvalue weighted by Gasteiger charge is 2.34. The van der Waals surface area contributed by atoms with Gasteiger partial charge in [-0.1, -0.05) is 30.3 Å². The Morgan fingerprint density at radius 3 is 2.67 bits per heavy atom. The number of pyridine rings is 1. The number of nitrogens with zero attached hydrogens (tertiary/aromatic N) is 1. The lowest BCUT2D eigenvalue weighted by atomic mass is 9.74. The molecule has 1 aromatic carbocycles. The lowest BCUT2D eigenvalue weighted by Crippen LogP contribution is -2.45. The molecule has 126 valence electrons. The lowest BCUT2D eigenvalue weighted by molar-refractivity contribution is -0.123. The van der Waals surface area contributed by atoms with Crippen molar-refractivity contribution < 1.29 is 14.3 Å². The van der Waals surface area contributed by atoms with Crippen LogP contribution in [0.3, 0.4) is 0 Å². The highest BCUT2D eigenvalue weighted by molar-refractivity contribution is 5.77. The highest BCUT2D eigenvalue weighted by Crippen LogP contribution is 2.34. The normalized spacial score (nSPS) is 16.3. The zero-order valence-corrected chi connectivity index (χ0v) is 13.6. The third-order valence-corrected chi connectivity index (χ3v) is 4.46. The van der Waals surface area contributed by atoms with Crippen molar-refractivity contribution in [2.24, 2.45) is 0 Å².